The molecule has 1 aromatic rings. The molecule has 0 saturated heterocycles. The third kappa shape index (κ3) is 6.22. The standard InChI is InChI=1S/C15H22ClN3O2.ClH/c1-4-5-12(17)15(21)19-13-8-10(16)6-7-11(13)14(20)18-9(2)3;/h6-9,12H,4-5,17H2,1-3H3,(H,18,20)(H,19,21);1H. The molecule has 0 fully saturated rings. The van der Waals surface area contributed by atoms with Crippen LogP contribution in [0.3, 0.4) is 0 Å². The molecular weight excluding hydrogens is 325 g/mol. The summed E-state index contributed by atoms with van der Waals surface area (Å²) in [6.07, 6.45) is 1.39. The molecule has 0 aliphatic carbocycles. The molecule has 1 unspecified atom stereocenters. The highest BCUT2D eigenvalue weighted by Crippen LogP contribution is 2.21. The van der Waals surface area contributed by atoms with E-state index in [9.17, 15) is 9.59 Å². The van der Waals surface area contributed by atoms with Crippen LogP contribution in [0.15, 0.2) is 18.2 Å². The molecule has 0 aliphatic rings. The fraction of sp³-hybridized carbons (Fsp3) is 0.467. The van der Waals surface area contributed by atoms with E-state index in [0.29, 0.717) is 22.7 Å². The number of carbonyl (C=O) groups is 2. The SMILES string of the molecule is CCCC(N)C(=O)Nc1cc(Cl)ccc1C(=O)NC(C)C.Cl. The summed E-state index contributed by atoms with van der Waals surface area (Å²) in [5.74, 6) is -0.584. The number of hydrogen-bond acceptors (Lipinski definition) is 3. The molecule has 0 aliphatic heterocycles. The summed E-state index contributed by atoms with van der Waals surface area (Å²) in [6, 6.07) is 4.14. The number of nitrogens with two attached hydrogens (primary N) is 1. The van der Waals surface area contributed by atoms with Crippen LogP contribution in [0.5, 0.6) is 0 Å². The van der Waals surface area contributed by atoms with Crippen LogP contribution >= 0.6 is 24.0 Å². The lowest BCUT2D eigenvalue weighted by atomic mass is 10.1. The van der Waals surface area contributed by atoms with Crippen molar-refractivity contribution in [2.45, 2.75) is 45.7 Å². The predicted molar refractivity (Wildman–Crippen MR) is 92.8 cm³/mol. The van der Waals surface area contributed by atoms with E-state index in [4.69, 9.17) is 17.3 Å². The molecule has 7 heteroatoms. The van der Waals surface area contributed by atoms with Gasteiger partial charge in [0.15, 0.2) is 0 Å². The number of hydrogen-bond donors (Lipinski definition) is 3. The van der Waals surface area contributed by atoms with Gasteiger partial charge in [-0.3, -0.25) is 9.59 Å². The number of nitrogens with one attached hydrogen (secondary N) is 2. The minimum Gasteiger partial charge on any atom is -0.350 e. The van der Waals surface area contributed by atoms with Crippen LogP contribution in [0.2, 0.25) is 5.02 Å². The van der Waals surface area contributed by atoms with E-state index in [2.05, 4.69) is 10.6 Å². The zero-order chi connectivity index (χ0) is 16.0. The molecule has 5 nitrogen and oxygen atoms in total. The number of benzene rings is 1. The summed E-state index contributed by atoms with van der Waals surface area (Å²) in [4.78, 5) is 24.1. The first-order valence-corrected chi connectivity index (χ1v) is 7.39. The largest absolute Gasteiger partial charge is 0.350 e. The molecule has 0 bridgehead atoms. The predicted octanol–water partition coefficient (Wildman–Crippen LogP) is 2.97. The number of carbonyl (C=O) groups excluding carboxylic acids is 2. The highest BCUT2D eigenvalue weighted by Gasteiger charge is 2.18. The maximum atomic E-state index is 12.1. The van der Waals surface area contributed by atoms with Gasteiger partial charge in [0.1, 0.15) is 0 Å². The molecule has 1 atom stereocenters. The quantitative estimate of drug-likeness (QED) is 0.739. The van der Waals surface area contributed by atoms with Gasteiger partial charge in [-0.25, -0.2) is 0 Å². The second kappa shape index (κ2) is 9.66. The summed E-state index contributed by atoms with van der Waals surface area (Å²) in [5.41, 5.74) is 6.51. The minimum atomic E-state index is -0.602. The van der Waals surface area contributed by atoms with E-state index in [0.717, 1.165) is 6.42 Å². The van der Waals surface area contributed by atoms with Gasteiger partial charge in [0.2, 0.25) is 5.91 Å². The highest BCUT2D eigenvalue weighted by molar-refractivity contribution is 6.31. The number of amides is 2. The topological polar surface area (TPSA) is 84.2 Å². The van der Waals surface area contributed by atoms with E-state index in [1.54, 1.807) is 18.2 Å². The Morgan fingerprint density at radius 2 is 1.95 bits per heavy atom. The Kier molecular flexibility index (Phi) is 9.09. The van der Waals surface area contributed by atoms with Gasteiger partial charge in [0, 0.05) is 11.1 Å². The Balaban J connectivity index is 0.00000441. The van der Waals surface area contributed by atoms with Gasteiger partial charge in [-0.05, 0) is 38.5 Å². The summed E-state index contributed by atoms with van der Waals surface area (Å²) in [5, 5.41) is 5.90. The van der Waals surface area contributed by atoms with Crippen molar-refractivity contribution < 1.29 is 9.59 Å². The Morgan fingerprint density at radius 1 is 1.32 bits per heavy atom. The van der Waals surface area contributed by atoms with Crippen molar-refractivity contribution in [3.8, 4) is 0 Å². The molecule has 1 aromatic carbocycles. The Hall–Kier alpha value is -1.30. The van der Waals surface area contributed by atoms with E-state index in [-0.39, 0.29) is 30.3 Å². The highest BCUT2D eigenvalue weighted by atomic mass is 35.5. The van der Waals surface area contributed by atoms with E-state index >= 15 is 0 Å². The molecule has 2 amide bonds. The first kappa shape index (κ1) is 20.7. The van der Waals surface area contributed by atoms with Gasteiger partial charge >= 0.3 is 0 Å². The van der Waals surface area contributed by atoms with Crippen molar-refractivity contribution in [3.63, 3.8) is 0 Å². The smallest absolute Gasteiger partial charge is 0.253 e. The van der Waals surface area contributed by atoms with Crippen molar-refractivity contribution in [2.24, 2.45) is 5.73 Å². The summed E-state index contributed by atoms with van der Waals surface area (Å²) in [6.45, 7) is 5.68. The molecule has 1 rings (SSSR count). The van der Waals surface area contributed by atoms with Crippen LogP contribution < -0.4 is 16.4 Å². The lowest BCUT2D eigenvalue weighted by Crippen LogP contribution is -2.36. The third-order valence-electron chi connectivity index (χ3n) is 2.84. The molecule has 0 radical (unpaired) electrons. The van der Waals surface area contributed by atoms with Crippen molar-refractivity contribution in [1.82, 2.24) is 5.32 Å². The van der Waals surface area contributed by atoms with E-state index < -0.39 is 6.04 Å². The second-order valence-electron chi connectivity index (χ2n) is 5.20. The van der Waals surface area contributed by atoms with Gasteiger partial charge in [0.25, 0.3) is 5.91 Å². The fourth-order valence-corrected chi connectivity index (χ4v) is 2.00. The molecule has 0 heterocycles. The third-order valence-corrected chi connectivity index (χ3v) is 3.08. The van der Waals surface area contributed by atoms with E-state index in [1.807, 2.05) is 20.8 Å². The Morgan fingerprint density at radius 3 is 2.50 bits per heavy atom. The zero-order valence-electron chi connectivity index (χ0n) is 13.0. The molecule has 0 aromatic heterocycles. The van der Waals surface area contributed by atoms with Crippen molar-refractivity contribution in [3.05, 3.63) is 28.8 Å². The van der Waals surface area contributed by atoms with Gasteiger partial charge in [-0.2, -0.15) is 0 Å². The normalized spacial score (nSPS) is 11.5. The first-order chi connectivity index (χ1) is 9.85. The monoisotopic (exact) mass is 347 g/mol. The van der Waals surface area contributed by atoms with Crippen molar-refractivity contribution in [2.75, 3.05) is 5.32 Å². The molecule has 22 heavy (non-hydrogen) atoms. The van der Waals surface area contributed by atoms with E-state index in [1.165, 1.54) is 0 Å². The maximum absolute atomic E-state index is 12.1. The lowest BCUT2D eigenvalue weighted by Gasteiger charge is -2.15. The maximum Gasteiger partial charge on any atom is 0.253 e. The van der Waals surface area contributed by atoms with Gasteiger partial charge < -0.3 is 16.4 Å². The second-order valence-corrected chi connectivity index (χ2v) is 5.64. The van der Waals surface area contributed by atoms with Crippen LogP contribution in [0, 0.1) is 0 Å². The summed E-state index contributed by atoms with van der Waals surface area (Å²) in [7, 11) is 0. The number of rotatable bonds is 6. The van der Waals surface area contributed by atoms with Gasteiger partial charge in [-0.15, -0.1) is 12.4 Å². The van der Waals surface area contributed by atoms with Crippen LogP contribution in [0.4, 0.5) is 5.69 Å². The average Bonchev–Trinajstić information content (AvgIpc) is 2.38. The molecule has 124 valence electrons. The van der Waals surface area contributed by atoms with Crippen molar-refractivity contribution in [1.29, 1.82) is 0 Å². The molecular formula is C15H23Cl2N3O2. The van der Waals surface area contributed by atoms with Crippen LogP contribution in [-0.2, 0) is 4.79 Å². The minimum absolute atomic E-state index is 0. The van der Waals surface area contributed by atoms with Crippen LogP contribution in [0.25, 0.3) is 0 Å². The molecule has 4 N–H and O–H groups in total. The zero-order valence-corrected chi connectivity index (χ0v) is 14.6. The van der Waals surface area contributed by atoms with Crippen LogP contribution in [-0.4, -0.2) is 23.9 Å². The molecule has 0 spiro atoms. The van der Waals surface area contributed by atoms with Gasteiger partial charge in [0.05, 0.1) is 17.3 Å². The average molecular weight is 348 g/mol. The van der Waals surface area contributed by atoms with Crippen LogP contribution in [0.1, 0.15) is 44.0 Å². The Bertz CT molecular complexity index is 522. The van der Waals surface area contributed by atoms with Crippen molar-refractivity contribution >= 4 is 41.5 Å². The fourth-order valence-electron chi connectivity index (χ4n) is 1.83. The molecule has 0 saturated carbocycles. The number of anilines is 1. The summed E-state index contributed by atoms with van der Waals surface area (Å²) >= 11 is 5.94. The Labute approximate surface area is 142 Å². The summed E-state index contributed by atoms with van der Waals surface area (Å²) < 4.78 is 0. The first-order valence-electron chi connectivity index (χ1n) is 7.02. The lowest BCUT2D eigenvalue weighted by molar-refractivity contribution is -0.117. The van der Waals surface area contributed by atoms with Gasteiger partial charge in [-0.1, -0.05) is 24.9 Å². The number of halogens is 2.